The molecule has 0 bridgehead atoms. The number of carboxylic acid groups (broad SMARTS) is 1. The van der Waals surface area contributed by atoms with Gasteiger partial charge in [-0.2, -0.15) is 0 Å². The van der Waals surface area contributed by atoms with Crippen LogP contribution >= 0.6 is 22.6 Å². The number of halogens is 1. The van der Waals surface area contributed by atoms with E-state index in [-0.39, 0.29) is 0 Å². The molecule has 3 nitrogen and oxygen atoms in total. The van der Waals surface area contributed by atoms with Crippen molar-refractivity contribution in [2.45, 2.75) is 6.92 Å². The third-order valence-corrected chi connectivity index (χ3v) is 3.38. The SMILES string of the molecule is Cc1cc(C=CC(=O)O)ccc1Oc1ccc(I)cc1. The van der Waals surface area contributed by atoms with E-state index in [4.69, 9.17) is 9.84 Å². The van der Waals surface area contributed by atoms with Crippen molar-refractivity contribution in [3.05, 3.63) is 63.2 Å². The molecular weight excluding hydrogens is 367 g/mol. The number of benzene rings is 2. The minimum Gasteiger partial charge on any atom is -0.478 e. The van der Waals surface area contributed by atoms with Crippen molar-refractivity contribution in [1.29, 1.82) is 0 Å². The van der Waals surface area contributed by atoms with Crippen LogP contribution in [0.15, 0.2) is 48.5 Å². The highest BCUT2D eigenvalue weighted by molar-refractivity contribution is 14.1. The Hall–Kier alpha value is -1.82. The molecule has 0 aliphatic heterocycles. The third-order valence-electron chi connectivity index (χ3n) is 2.66. The van der Waals surface area contributed by atoms with Crippen molar-refractivity contribution in [3.63, 3.8) is 0 Å². The molecule has 4 heteroatoms. The van der Waals surface area contributed by atoms with Crippen LogP contribution in [0.5, 0.6) is 11.5 Å². The Balaban J connectivity index is 2.17. The van der Waals surface area contributed by atoms with Crippen LogP contribution in [0.3, 0.4) is 0 Å². The molecule has 1 N–H and O–H groups in total. The Labute approximate surface area is 131 Å². The smallest absolute Gasteiger partial charge is 0.328 e. The molecule has 2 aromatic carbocycles. The van der Waals surface area contributed by atoms with Crippen LogP contribution in [0.25, 0.3) is 6.08 Å². The lowest BCUT2D eigenvalue weighted by molar-refractivity contribution is -0.131. The van der Waals surface area contributed by atoms with E-state index >= 15 is 0 Å². The third kappa shape index (κ3) is 4.09. The Morgan fingerprint density at radius 1 is 1.20 bits per heavy atom. The number of rotatable bonds is 4. The number of carboxylic acids is 1. The van der Waals surface area contributed by atoms with Crippen LogP contribution < -0.4 is 4.74 Å². The maximum atomic E-state index is 10.5. The quantitative estimate of drug-likeness (QED) is 0.628. The standard InChI is InChI=1S/C16H13IO3/c1-11-10-12(3-9-16(18)19)2-8-15(11)20-14-6-4-13(17)5-7-14/h2-10H,1H3,(H,18,19). The van der Waals surface area contributed by atoms with Gasteiger partial charge in [-0.15, -0.1) is 0 Å². The molecule has 0 unspecified atom stereocenters. The van der Waals surface area contributed by atoms with Crippen LogP contribution in [-0.4, -0.2) is 11.1 Å². The summed E-state index contributed by atoms with van der Waals surface area (Å²) in [6.45, 7) is 1.93. The summed E-state index contributed by atoms with van der Waals surface area (Å²) in [4.78, 5) is 10.5. The Bertz CT molecular complexity index is 645. The summed E-state index contributed by atoms with van der Waals surface area (Å²) in [5, 5.41) is 8.60. The lowest BCUT2D eigenvalue weighted by Crippen LogP contribution is -1.89. The molecule has 0 aliphatic rings. The first-order chi connectivity index (χ1) is 9.54. The van der Waals surface area contributed by atoms with Gasteiger partial charge in [-0.1, -0.05) is 6.07 Å². The molecular formula is C16H13IO3. The molecule has 0 fully saturated rings. The predicted octanol–water partition coefficient (Wildman–Crippen LogP) is 4.49. The van der Waals surface area contributed by atoms with Crippen molar-refractivity contribution in [2.24, 2.45) is 0 Å². The van der Waals surface area contributed by atoms with Crippen LogP contribution in [0.4, 0.5) is 0 Å². The number of aryl methyl sites for hydroxylation is 1. The molecule has 0 spiro atoms. The number of aliphatic carboxylic acids is 1. The van der Waals surface area contributed by atoms with E-state index in [2.05, 4.69) is 22.6 Å². The summed E-state index contributed by atoms with van der Waals surface area (Å²) >= 11 is 2.24. The van der Waals surface area contributed by atoms with Crippen molar-refractivity contribution >= 4 is 34.6 Å². The molecule has 2 rings (SSSR count). The average Bonchev–Trinajstić information content (AvgIpc) is 2.41. The lowest BCUT2D eigenvalue weighted by atomic mass is 10.1. The maximum absolute atomic E-state index is 10.5. The van der Waals surface area contributed by atoms with Crippen molar-refractivity contribution < 1.29 is 14.6 Å². The zero-order chi connectivity index (χ0) is 14.5. The molecule has 102 valence electrons. The number of carbonyl (C=O) groups is 1. The van der Waals surface area contributed by atoms with E-state index in [1.165, 1.54) is 0 Å². The van der Waals surface area contributed by atoms with Gasteiger partial charge in [0.05, 0.1) is 0 Å². The average molecular weight is 380 g/mol. The first kappa shape index (κ1) is 14.6. The van der Waals surface area contributed by atoms with Gasteiger partial charge in [0.1, 0.15) is 11.5 Å². The fourth-order valence-corrected chi connectivity index (χ4v) is 2.05. The Morgan fingerprint density at radius 2 is 1.90 bits per heavy atom. The summed E-state index contributed by atoms with van der Waals surface area (Å²) in [6, 6.07) is 13.4. The van der Waals surface area contributed by atoms with Gasteiger partial charge in [0.25, 0.3) is 0 Å². The summed E-state index contributed by atoms with van der Waals surface area (Å²) in [7, 11) is 0. The highest BCUT2D eigenvalue weighted by Crippen LogP contribution is 2.26. The normalized spacial score (nSPS) is 10.7. The monoisotopic (exact) mass is 380 g/mol. The molecule has 0 amide bonds. The van der Waals surface area contributed by atoms with Gasteiger partial charge < -0.3 is 9.84 Å². The predicted molar refractivity (Wildman–Crippen MR) is 87.1 cm³/mol. The molecule has 0 radical (unpaired) electrons. The Kier molecular flexibility index (Phi) is 4.79. The first-order valence-electron chi connectivity index (χ1n) is 6.00. The van der Waals surface area contributed by atoms with Gasteiger partial charge in [-0.05, 0) is 83.1 Å². The van der Waals surface area contributed by atoms with E-state index in [1.54, 1.807) is 6.08 Å². The fourth-order valence-electron chi connectivity index (χ4n) is 1.69. The summed E-state index contributed by atoms with van der Waals surface area (Å²) in [6.07, 6.45) is 2.68. The lowest BCUT2D eigenvalue weighted by Gasteiger charge is -2.09. The zero-order valence-electron chi connectivity index (χ0n) is 10.8. The minimum atomic E-state index is -0.957. The van der Waals surface area contributed by atoms with Crippen LogP contribution in [0.1, 0.15) is 11.1 Å². The van der Waals surface area contributed by atoms with E-state index < -0.39 is 5.97 Å². The van der Waals surface area contributed by atoms with Gasteiger partial charge in [0.2, 0.25) is 0 Å². The van der Waals surface area contributed by atoms with Gasteiger partial charge in [0.15, 0.2) is 0 Å². The van der Waals surface area contributed by atoms with Crippen molar-refractivity contribution in [2.75, 3.05) is 0 Å². The number of ether oxygens (including phenoxy) is 1. The zero-order valence-corrected chi connectivity index (χ0v) is 13.0. The molecule has 2 aromatic rings. The Morgan fingerprint density at radius 3 is 2.50 bits per heavy atom. The second kappa shape index (κ2) is 6.56. The van der Waals surface area contributed by atoms with Crippen molar-refractivity contribution in [1.82, 2.24) is 0 Å². The molecule has 0 heterocycles. The summed E-state index contributed by atoms with van der Waals surface area (Å²) in [5.41, 5.74) is 1.79. The molecule has 0 aliphatic carbocycles. The number of hydrogen-bond donors (Lipinski definition) is 1. The fraction of sp³-hybridized carbons (Fsp3) is 0.0625. The topological polar surface area (TPSA) is 46.5 Å². The van der Waals surface area contributed by atoms with Gasteiger partial charge in [0, 0.05) is 9.65 Å². The number of hydrogen-bond acceptors (Lipinski definition) is 2. The molecule has 0 aromatic heterocycles. The van der Waals surface area contributed by atoms with Crippen LogP contribution in [0, 0.1) is 10.5 Å². The van der Waals surface area contributed by atoms with Crippen LogP contribution in [-0.2, 0) is 4.79 Å². The second-order valence-corrected chi connectivity index (χ2v) is 5.50. The largest absolute Gasteiger partial charge is 0.478 e. The highest BCUT2D eigenvalue weighted by atomic mass is 127. The highest BCUT2D eigenvalue weighted by Gasteiger charge is 2.02. The molecule has 0 saturated heterocycles. The molecule has 20 heavy (non-hydrogen) atoms. The maximum Gasteiger partial charge on any atom is 0.328 e. The minimum absolute atomic E-state index is 0.763. The van der Waals surface area contributed by atoms with E-state index in [1.807, 2.05) is 49.4 Å². The molecule has 0 saturated carbocycles. The van der Waals surface area contributed by atoms with Gasteiger partial charge >= 0.3 is 5.97 Å². The van der Waals surface area contributed by atoms with E-state index in [0.29, 0.717) is 0 Å². The van der Waals surface area contributed by atoms with Crippen LogP contribution in [0.2, 0.25) is 0 Å². The van der Waals surface area contributed by atoms with Crippen molar-refractivity contribution in [3.8, 4) is 11.5 Å². The van der Waals surface area contributed by atoms with Gasteiger partial charge in [-0.3, -0.25) is 0 Å². The van der Waals surface area contributed by atoms with E-state index in [9.17, 15) is 4.79 Å². The van der Waals surface area contributed by atoms with E-state index in [0.717, 1.165) is 32.3 Å². The first-order valence-corrected chi connectivity index (χ1v) is 7.07. The summed E-state index contributed by atoms with van der Waals surface area (Å²) in [5.74, 6) is 0.586. The second-order valence-electron chi connectivity index (χ2n) is 4.25. The summed E-state index contributed by atoms with van der Waals surface area (Å²) < 4.78 is 6.95. The molecule has 0 atom stereocenters. The van der Waals surface area contributed by atoms with Gasteiger partial charge in [-0.25, -0.2) is 4.79 Å².